The van der Waals surface area contributed by atoms with Crippen molar-refractivity contribution in [2.45, 2.75) is 6.54 Å². The van der Waals surface area contributed by atoms with E-state index in [9.17, 15) is 17.6 Å². The van der Waals surface area contributed by atoms with Gasteiger partial charge in [0.15, 0.2) is 5.82 Å². The first kappa shape index (κ1) is 14.9. The molecule has 0 unspecified atom stereocenters. The van der Waals surface area contributed by atoms with Crippen LogP contribution in [-0.4, -0.2) is 35.6 Å². The van der Waals surface area contributed by atoms with Gasteiger partial charge in [-0.3, -0.25) is 9.52 Å². The third kappa shape index (κ3) is 4.84. The number of sulfonamides is 1. The number of hydrogen-bond donors (Lipinski definition) is 2. The monoisotopic (exact) mass is 313 g/mol. The molecule has 0 atom stereocenters. The van der Waals surface area contributed by atoms with Gasteiger partial charge in [0.05, 0.1) is 12.5 Å². The third-order valence-corrected chi connectivity index (χ3v) is 2.84. The summed E-state index contributed by atoms with van der Waals surface area (Å²) >= 11 is 0. The van der Waals surface area contributed by atoms with Crippen LogP contribution in [0.3, 0.4) is 0 Å². The molecule has 21 heavy (non-hydrogen) atoms. The Morgan fingerprint density at radius 2 is 2.00 bits per heavy atom. The molecule has 0 radical (unpaired) electrons. The maximum Gasteiger partial charge on any atom is 0.246 e. The molecule has 2 N–H and O–H groups in total. The number of carbonyl (C=O) groups is 1. The fourth-order valence-corrected chi connectivity index (χ4v) is 1.97. The Labute approximate surface area is 120 Å². The molecule has 0 saturated heterocycles. The zero-order valence-corrected chi connectivity index (χ0v) is 11.8. The van der Waals surface area contributed by atoms with E-state index in [0.29, 0.717) is 5.69 Å². The second-order valence-electron chi connectivity index (χ2n) is 4.23. The number of hydrogen-bond acceptors (Lipinski definition) is 5. The average Bonchev–Trinajstić information content (AvgIpc) is 2.77. The molecule has 1 aromatic carbocycles. The Hall–Kier alpha value is -2.49. The van der Waals surface area contributed by atoms with Gasteiger partial charge in [-0.25, -0.2) is 17.5 Å². The molecule has 0 aliphatic carbocycles. The molecule has 1 aromatic heterocycles. The summed E-state index contributed by atoms with van der Waals surface area (Å²) < 4.78 is 38.0. The molecule has 1 heterocycles. The van der Waals surface area contributed by atoms with Crippen LogP contribution in [0.4, 0.5) is 15.9 Å². The predicted octanol–water partition coefficient (Wildman–Crippen LogP) is 0.427. The number of nitrogens with one attached hydrogen (secondary N) is 2. The van der Waals surface area contributed by atoms with E-state index in [1.807, 2.05) is 0 Å². The molecule has 10 heteroatoms. The summed E-state index contributed by atoms with van der Waals surface area (Å²) in [5.41, 5.74) is 0.441. The molecule has 0 saturated carbocycles. The van der Waals surface area contributed by atoms with Crippen LogP contribution < -0.4 is 10.0 Å². The van der Waals surface area contributed by atoms with Crippen LogP contribution in [0, 0.1) is 5.82 Å². The van der Waals surface area contributed by atoms with Crippen molar-refractivity contribution in [3.05, 3.63) is 36.3 Å². The molecule has 1 amide bonds. The van der Waals surface area contributed by atoms with Crippen molar-refractivity contribution >= 4 is 27.4 Å². The molecular weight excluding hydrogens is 301 g/mol. The molecule has 112 valence electrons. The lowest BCUT2D eigenvalue weighted by Crippen LogP contribution is -2.19. The summed E-state index contributed by atoms with van der Waals surface area (Å²) in [7, 11) is -3.45. The highest BCUT2D eigenvalue weighted by atomic mass is 32.2. The van der Waals surface area contributed by atoms with Gasteiger partial charge in [0.25, 0.3) is 0 Å². The number of benzene rings is 1. The SMILES string of the molecule is CS(=O)(=O)Nc1cn(CC(=O)Nc2ccc(F)cc2)nn1. The van der Waals surface area contributed by atoms with Crippen molar-refractivity contribution in [2.75, 3.05) is 16.3 Å². The highest BCUT2D eigenvalue weighted by molar-refractivity contribution is 7.92. The van der Waals surface area contributed by atoms with E-state index in [1.165, 1.54) is 35.1 Å². The topological polar surface area (TPSA) is 106 Å². The quantitative estimate of drug-likeness (QED) is 0.832. The number of carbonyl (C=O) groups excluding carboxylic acids is 1. The second kappa shape index (κ2) is 5.87. The van der Waals surface area contributed by atoms with Gasteiger partial charge in [0.1, 0.15) is 12.4 Å². The average molecular weight is 313 g/mol. The molecule has 0 spiro atoms. The minimum absolute atomic E-state index is 0.0204. The van der Waals surface area contributed by atoms with Gasteiger partial charge < -0.3 is 5.32 Å². The first-order valence-electron chi connectivity index (χ1n) is 5.75. The van der Waals surface area contributed by atoms with Gasteiger partial charge in [-0.15, -0.1) is 5.10 Å². The van der Waals surface area contributed by atoms with Crippen LogP contribution in [0.2, 0.25) is 0 Å². The van der Waals surface area contributed by atoms with E-state index in [2.05, 4.69) is 20.4 Å². The molecule has 0 fully saturated rings. The minimum atomic E-state index is -3.45. The Balaban J connectivity index is 1.95. The van der Waals surface area contributed by atoms with E-state index >= 15 is 0 Å². The van der Waals surface area contributed by atoms with Crippen LogP contribution in [0.25, 0.3) is 0 Å². The van der Waals surface area contributed by atoms with E-state index in [4.69, 9.17) is 0 Å². The third-order valence-electron chi connectivity index (χ3n) is 2.26. The molecule has 0 aliphatic heterocycles. The Bertz CT molecular complexity index is 741. The minimum Gasteiger partial charge on any atom is -0.324 e. The number of halogens is 1. The van der Waals surface area contributed by atoms with Crippen LogP contribution in [0.5, 0.6) is 0 Å². The smallest absolute Gasteiger partial charge is 0.246 e. The number of anilines is 2. The van der Waals surface area contributed by atoms with E-state index < -0.39 is 21.7 Å². The van der Waals surface area contributed by atoms with Crippen LogP contribution in [0.1, 0.15) is 0 Å². The lowest BCUT2D eigenvalue weighted by Gasteiger charge is -2.04. The Kier molecular flexibility index (Phi) is 4.17. The van der Waals surface area contributed by atoms with Gasteiger partial charge in [0, 0.05) is 5.69 Å². The van der Waals surface area contributed by atoms with Gasteiger partial charge in [-0.2, -0.15) is 0 Å². The molecular formula is C11H12FN5O3S. The molecule has 8 nitrogen and oxygen atoms in total. The molecule has 0 aliphatic rings. The summed E-state index contributed by atoms with van der Waals surface area (Å²) in [4.78, 5) is 11.7. The largest absolute Gasteiger partial charge is 0.324 e. The summed E-state index contributed by atoms with van der Waals surface area (Å²) in [5.74, 6) is -0.787. The van der Waals surface area contributed by atoms with Crippen molar-refractivity contribution in [3.8, 4) is 0 Å². The zero-order valence-electron chi connectivity index (χ0n) is 10.9. The van der Waals surface area contributed by atoms with Crippen molar-refractivity contribution in [3.63, 3.8) is 0 Å². The normalized spacial score (nSPS) is 11.1. The van der Waals surface area contributed by atoms with E-state index in [0.717, 1.165) is 6.26 Å². The first-order valence-corrected chi connectivity index (χ1v) is 7.64. The molecule has 2 aromatic rings. The molecule has 2 rings (SSSR count). The summed E-state index contributed by atoms with van der Waals surface area (Å²) in [5, 5.41) is 9.72. The standard InChI is InChI=1S/C11H12FN5O3S/c1-21(19,20)15-10-6-17(16-14-10)7-11(18)13-9-4-2-8(12)3-5-9/h2-6,15H,7H2,1H3,(H,13,18). The predicted molar refractivity (Wildman–Crippen MR) is 73.5 cm³/mol. The van der Waals surface area contributed by atoms with Crippen LogP contribution in [0.15, 0.2) is 30.5 Å². The number of rotatable bonds is 5. The number of amides is 1. The second-order valence-corrected chi connectivity index (χ2v) is 5.98. The number of aromatic nitrogens is 3. The van der Waals surface area contributed by atoms with Crippen molar-refractivity contribution in [1.82, 2.24) is 15.0 Å². The number of nitrogens with zero attached hydrogens (tertiary/aromatic N) is 3. The van der Waals surface area contributed by atoms with Gasteiger partial charge >= 0.3 is 0 Å². The van der Waals surface area contributed by atoms with Crippen molar-refractivity contribution in [2.24, 2.45) is 0 Å². The van der Waals surface area contributed by atoms with Gasteiger partial charge in [-0.05, 0) is 24.3 Å². The summed E-state index contributed by atoms with van der Waals surface area (Å²) in [6, 6.07) is 5.29. The first-order chi connectivity index (χ1) is 9.82. The summed E-state index contributed by atoms with van der Waals surface area (Å²) in [6.45, 7) is -0.157. The Morgan fingerprint density at radius 3 is 2.62 bits per heavy atom. The fourth-order valence-electron chi connectivity index (χ4n) is 1.49. The van der Waals surface area contributed by atoms with Crippen LogP contribution >= 0.6 is 0 Å². The highest BCUT2D eigenvalue weighted by Gasteiger charge is 2.09. The van der Waals surface area contributed by atoms with Crippen molar-refractivity contribution in [1.29, 1.82) is 0 Å². The lowest BCUT2D eigenvalue weighted by molar-refractivity contribution is -0.116. The Morgan fingerprint density at radius 1 is 1.33 bits per heavy atom. The fraction of sp³-hybridized carbons (Fsp3) is 0.182. The maximum absolute atomic E-state index is 12.7. The lowest BCUT2D eigenvalue weighted by atomic mass is 10.3. The van der Waals surface area contributed by atoms with E-state index in [1.54, 1.807) is 0 Å². The van der Waals surface area contributed by atoms with Crippen LogP contribution in [-0.2, 0) is 21.4 Å². The van der Waals surface area contributed by atoms with Crippen molar-refractivity contribution < 1.29 is 17.6 Å². The van der Waals surface area contributed by atoms with Gasteiger partial charge in [0.2, 0.25) is 15.9 Å². The van der Waals surface area contributed by atoms with Gasteiger partial charge in [-0.1, -0.05) is 5.21 Å². The van der Waals surface area contributed by atoms with E-state index in [-0.39, 0.29) is 12.4 Å². The maximum atomic E-state index is 12.7. The zero-order chi connectivity index (χ0) is 15.5. The molecule has 0 bridgehead atoms. The highest BCUT2D eigenvalue weighted by Crippen LogP contribution is 2.08. The summed E-state index contributed by atoms with van der Waals surface area (Å²) in [6.07, 6.45) is 2.26.